The zero-order valence-corrected chi connectivity index (χ0v) is 19.2. The number of carbonyl (C=O) groups is 2. The number of benzene rings is 1. The minimum absolute atomic E-state index is 0.000685. The standard InChI is InChI=1S/C24H28N2O4S/c1-13(2)30-18-11-7-8-16(12-18)20-19(21(27)23-14(3)25-15(4)31-23)22(28)24(29)26(20)17-9-5-6-10-17/h7-8,11-13,17,20,28H,5-6,9-10H2,1-4H3. The van der Waals surface area contributed by atoms with Crippen LogP contribution in [0.25, 0.3) is 0 Å². The summed E-state index contributed by atoms with van der Waals surface area (Å²) in [6, 6.07) is 6.86. The van der Waals surface area contributed by atoms with Crippen LogP contribution in [0.2, 0.25) is 0 Å². The number of hydrogen-bond donors (Lipinski definition) is 1. The second-order valence-electron chi connectivity index (χ2n) is 8.53. The minimum atomic E-state index is -0.638. The summed E-state index contributed by atoms with van der Waals surface area (Å²) in [5.41, 5.74) is 1.53. The van der Waals surface area contributed by atoms with Gasteiger partial charge in [-0.15, -0.1) is 11.3 Å². The third-order valence-corrected chi connectivity index (χ3v) is 6.93. The van der Waals surface area contributed by atoms with Gasteiger partial charge in [-0.1, -0.05) is 25.0 Å². The Kier molecular flexibility index (Phi) is 5.88. The van der Waals surface area contributed by atoms with Crippen molar-refractivity contribution in [1.82, 2.24) is 9.88 Å². The molecule has 0 bridgehead atoms. The van der Waals surface area contributed by atoms with Gasteiger partial charge in [-0.2, -0.15) is 0 Å². The molecule has 1 aromatic carbocycles. The number of nitrogens with zero attached hydrogens (tertiary/aromatic N) is 2. The molecule has 1 aromatic heterocycles. The van der Waals surface area contributed by atoms with Crippen LogP contribution >= 0.6 is 11.3 Å². The van der Waals surface area contributed by atoms with Crippen LogP contribution in [-0.4, -0.2) is 38.8 Å². The fraction of sp³-hybridized carbons (Fsp3) is 0.458. The van der Waals surface area contributed by atoms with Crippen LogP contribution in [0.4, 0.5) is 0 Å². The second kappa shape index (κ2) is 8.46. The highest BCUT2D eigenvalue weighted by molar-refractivity contribution is 7.14. The molecule has 1 aliphatic carbocycles. The number of carbonyl (C=O) groups excluding carboxylic acids is 2. The lowest BCUT2D eigenvalue weighted by Gasteiger charge is -2.32. The summed E-state index contributed by atoms with van der Waals surface area (Å²) in [4.78, 5) is 33.3. The third-order valence-electron chi connectivity index (χ3n) is 5.86. The summed E-state index contributed by atoms with van der Waals surface area (Å²) in [6.07, 6.45) is 3.82. The number of thiazole rings is 1. The average Bonchev–Trinajstić information content (AvgIpc) is 3.41. The fourth-order valence-electron chi connectivity index (χ4n) is 4.64. The summed E-state index contributed by atoms with van der Waals surface area (Å²) >= 11 is 1.29. The smallest absolute Gasteiger partial charge is 0.290 e. The van der Waals surface area contributed by atoms with Crippen molar-refractivity contribution in [3.05, 3.63) is 56.7 Å². The predicted molar refractivity (Wildman–Crippen MR) is 120 cm³/mol. The van der Waals surface area contributed by atoms with Gasteiger partial charge in [0.25, 0.3) is 5.91 Å². The Morgan fingerprint density at radius 2 is 1.97 bits per heavy atom. The Hall–Kier alpha value is -2.67. The first kappa shape index (κ1) is 21.6. The minimum Gasteiger partial charge on any atom is -0.503 e. The summed E-state index contributed by atoms with van der Waals surface area (Å²) < 4.78 is 5.86. The Morgan fingerprint density at radius 3 is 2.58 bits per heavy atom. The topological polar surface area (TPSA) is 79.7 Å². The van der Waals surface area contributed by atoms with Gasteiger partial charge in [-0.05, 0) is 58.2 Å². The van der Waals surface area contributed by atoms with E-state index in [-0.39, 0.29) is 23.5 Å². The second-order valence-corrected chi connectivity index (χ2v) is 9.73. The van der Waals surface area contributed by atoms with Crippen molar-refractivity contribution in [2.24, 2.45) is 0 Å². The molecule has 6 nitrogen and oxygen atoms in total. The number of aryl methyl sites for hydroxylation is 2. The van der Waals surface area contributed by atoms with E-state index in [0.717, 1.165) is 36.3 Å². The third kappa shape index (κ3) is 3.99. The quantitative estimate of drug-likeness (QED) is 0.635. The molecule has 164 valence electrons. The van der Waals surface area contributed by atoms with E-state index in [4.69, 9.17) is 4.74 Å². The first-order valence-electron chi connectivity index (χ1n) is 10.8. The van der Waals surface area contributed by atoms with Gasteiger partial charge < -0.3 is 14.7 Å². The van der Waals surface area contributed by atoms with Crippen molar-refractivity contribution in [2.45, 2.75) is 71.6 Å². The number of amides is 1. The van der Waals surface area contributed by atoms with E-state index in [1.54, 1.807) is 11.8 Å². The van der Waals surface area contributed by atoms with Gasteiger partial charge in [0.2, 0.25) is 5.78 Å². The monoisotopic (exact) mass is 440 g/mol. The summed E-state index contributed by atoms with van der Waals surface area (Å²) in [5, 5.41) is 11.7. The number of ketones is 1. The highest BCUT2D eigenvalue weighted by Crippen LogP contribution is 2.44. The van der Waals surface area contributed by atoms with Crippen LogP contribution in [0.3, 0.4) is 0 Å². The van der Waals surface area contributed by atoms with E-state index in [0.29, 0.717) is 16.3 Å². The molecule has 1 unspecified atom stereocenters. The van der Waals surface area contributed by atoms with Gasteiger partial charge in [-0.3, -0.25) is 9.59 Å². The Bertz CT molecular complexity index is 1050. The highest BCUT2D eigenvalue weighted by Gasteiger charge is 2.47. The first-order valence-corrected chi connectivity index (χ1v) is 11.6. The fourth-order valence-corrected chi connectivity index (χ4v) is 5.51. The maximum absolute atomic E-state index is 13.6. The molecule has 1 amide bonds. The molecular weight excluding hydrogens is 412 g/mol. The molecule has 2 aromatic rings. The molecule has 2 heterocycles. The largest absolute Gasteiger partial charge is 0.503 e. The molecule has 0 spiro atoms. The van der Waals surface area contributed by atoms with Crippen molar-refractivity contribution in [2.75, 3.05) is 0 Å². The van der Waals surface area contributed by atoms with Gasteiger partial charge in [-0.25, -0.2) is 4.98 Å². The molecular formula is C24H28N2O4S. The number of aliphatic hydroxyl groups excluding tert-OH is 1. The molecule has 7 heteroatoms. The van der Waals surface area contributed by atoms with Crippen LogP contribution in [-0.2, 0) is 4.79 Å². The highest BCUT2D eigenvalue weighted by atomic mass is 32.1. The lowest BCUT2D eigenvalue weighted by Crippen LogP contribution is -2.38. The molecule has 1 N–H and O–H groups in total. The van der Waals surface area contributed by atoms with E-state index in [1.165, 1.54) is 11.3 Å². The number of aliphatic hydroxyl groups is 1. The van der Waals surface area contributed by atoms with Gasteiger partial charge >= 0.3 is 0 Å². The molecule has 2 aliphatic rings. The van der Waals surface area contributed by atoms with E-state index in [9.17, 15) is 14.7 Å². The van der Waals surface area contributed by atoms with Crippen LogP contribution in [0, 0.1) is 13.8 Å². The Labute approximate surface area is 186 Å². The van der Waals surface area contributed by atoms with E-state index in [1.807, 2.05) is 45.0 Å². The molecule has 0 saturated heterocycles. The summed E-state index contributed by atoms with van der Waals surface area (Å²) in [5.74, 6) is -0.555. The molecule has 1 atom stereocenters. The predicted octanol–water partition coefficient (Wildman–Crippen LogP) is 5.07. The van der Waals surface area contributed by atoms with Crippen molar-refractivity contribution in [1.29, 1.82) is 0 Å². The normalized spacial score (nSPS) is 19.7. The van der Waals surface area contributed by atoms with Gasteiger partial charge in [0.1, 0.15) is 5.75 Å². The molecule has 4 rings (SSSR count). The van der Waals surface area contributed by atoms with E-state index in [2.05, 4.69) is 4.98 Å². The van der Waals surface area contributed by atoms with Gasteiger partial charge in [0.05, 0.1) is 33.3 Å². The summed E-state index contributed by atoms with van der Waals surface area (Å²) in [7, 11) is 0. The maximum atomic E-state index is 13.6. The van der Waals surface area contributed by atoms with Crippen molar-refractivity contribution >= 4 is 23.0 Å². The lowest BCUT2D eigenvalue weighted by molar-refractivity contribution is -0.131. The number of rotatable bonds is 6. The van der Waals surface area contributed by atoms with Gasteiger partial charge in [0.15, 0.2) is 5.76 Å². The van der Waals surface area contributed by atoms with E-state index >= 15 is 0 Å². The van der Waals surface area contributed by atoms with Gasteiger partial charge in [0, 0.05) is 6.04 Å². The average molecular weight is 441 g/mol. The lowest BCUT2D eigenvalue weighted by atomic mass is 9.94. The van der Waals surface area contributed by atoms with Crippen LogP contribution in [0.1, 0.15) is 71.5 Å². The number of hydrogen-bond acceptors (Lipinski definition) is 6. The zero-order valence-electron chi connectivity index (χ0n) is 18.3. The maximum Gasteiger partial charge on any atom is 0.290 e. The molecule has 1 aliphatic heterocycles. The molecule has 1 fully saturated rings. The summed E-state index contributed by atoms with van der Waals surface area (Å²) in [6.45, 7) is 7.53. The van der Waals surface area contributed by atoms with Crippen molar-refractivity contribution in [3.63, 3.8) is 0 Å². The number of Topliss-reactive ketones (excluding diaryl/α,β-unsaturated/α-hetero) is 1. The zero-order chi connectivity index (χ0) is 22.3. The molecule has 1 saturated carbocycles. The molecule has 31 heavy (non-hydrogen) atoms. The van der Waals surface area contributed by atoms with E-state index < -0.39 is 17.7 Å². The Balaban J connectivity index is 1.82. The van der Waals surface area contributed by atoms with Crippen LogP contribution in [0.15, 0.2) is 35.6 Å². The SMILES string of the molecule is Cc1nc(C)c(C(=O)C2=C(O)C(=O)N(C3CCCC3)C2c2cccc(OC(C)C)c2)s1. The van der Waals surface area contributed by atoms with Crippen molar-refractivity contribution < 1.29 is 19.4 Å². The number of ether oxygens (including phenoxy) is 1. The van der Waals surface area contributed by atoms with Crippen molar-refractivity contribution in [3.8, 4) is 5.75 Å². The van der Waals surface area contributed by atoms with Crippen LogP contribution < -0.4 is 4.74 Å². The number of aromatic nitrogens is 1. The molecule has 0 radical (unpaired) electrons. The Morgan fingerprint density at radius 1 is 1.26 bits per heavy atom. The first-order chi connectivity index (χ1) is 14.8. The van der Waals surface area contributed by atoms with Crippen LogP contribution in [0.5, 0.6) is 5.75 Å².